The SMILES string of the molecule is CO/C(C)=C1/CC[C@H]2[C@@H]3CC=C4CC5(OCCO5)C(O)C(O)[C@]4(C)[C@H]3CC[C@]12C. The van der Waals surface area contributed by atoms with Crippen molar-refractivity contribution in [3.8, 4) is 0 Å². The molecule has 1 aliphatic heterocycles. The molecule has 4 aliphatic carbocycles. The summed E-state index contributed by atoms with van der Waals surface area (Å²) in [6.45, 7) is 7.68. The van der Waals surface area contributed by atoms with Gasteiger partial charge in [-0.15, -0.1) is 0 Å². The summed E-state index contributed by atoms with van der Waals surface area (Å²) in [5.41, 5.74) is 2.51. The second kappa shape index (κ2) is 6.56. The Morgan fingerprint density at radius 3 is 2.52 bits per heavy atom. The van der Waals surface area contributed by atoms with Crippen LogP contribution in [0.2, 0.25) is 0 Å². The van der Waals surface area contributed by atoms with Gasteiger partial charge in [0.15, 0.2) is 0 Å². The van der Waals surface area contributed by atoms with Gasteiger partial charge in [-0.05, 0) is 67.8 Å². The first kappa shape index (κ1) is 20.0. The molecule has 1 spiro atoms. The maximum absolute atomic E-state index is 11.4. The first-order valence-electron chi connectivity index (χ1n) is 11.4. The van der Waals surface area contributed by atoms with Crippen LogP contribution < -0.4 is 0 Å². The molecule has 1 saturated heterocycles. The summed E-state index contributed by atoms with van der Waals surface area (Å²) in [7, 11) is 1.78. The number of hydrogen-bond acceptors (Lipinski definition) is 5. The predicted molar refractivity (Wildman–Crippen MR) is 109 cm³/mol. The molecule has 0 aromatic carbocycles. The van der Waals surface area contributed by atoms with Crippen molar-refractivity contribution in [2.24, 2.45) is 28.6 Å². The van der Waals surface area contributed by atoms with Crippen LogP contribution in [0.15, 0.2) is 23.0 Å². The molecule has 5 aliphatic rings. The predicted octanol–water partition coefficient (Wildman–Crippen LogP) is 3.55. The van der Waals surface area contributed by atoms with E-state index >= 15 is 0 Å². The number of methoxy groups -OCH3 is 1. The average Bonchev–Trinajstić information content (AvgIpc) is 3.32. The van der Waals surface area contributed by atoms with E-state index in [-0.39, 0.29) is 5.41 Å². The van der Waals surface area contributed by atoms with Gasteiger partial charge in [0.05, 0.1) is 32.2 Å². The molecule has 2 unspecified atom stereocenters. The Labute approximate surface area is 174 Å². The van der Waals surface area contributed by atoms with Gasteiger partial charge in [0.1, 0.15) is 6.10 Å². The summed E-state index contributed by atoms with van der Waals surface area (Å²) in [6.07, 6.45) is 6.61. The van der Waals surface area contributed by atoms with Crippen molar-refractivity contribution in [2.45, 2.75) is 77.3 Å². The molecule has 0 aromatic heterocycles. The molecule has 2 N–H and O–H groups in total. The second-order valence-corrected chi connectivity index (χ2v) is 10.4. The first-order valence-corrected chi connectivity index (χ1v) is 11.4. The summed E-state index contributed by atoms with van der Waals surface area (Å²) >= 11 is 0. The van der Waals surface area contributed by atoms with E-state index in [0.717, 1.165) is 31.4 Å². The van der Waals surface area contributed by atoms with E-state index in [1.807, 2.05) is 0 Å². The summed E-state index contributed by atoms with van der Waals surface area (Å²) in [5.74, 6) is 1.56. The number of allylic oxidation sites excluding steroid dienone is 3. The molecule has 0 aromatic rings. The standard InChI is InChI=1S/C24H36O5/c1-14(27-4)17-7-8-18-16-6-5-15-13-24(28-11-12-29-24)21(26)20(25)23(15,3)19(16)9-10-22(17,18)2/h5,16,18-21,25-26H,6-13H2,1-4H3/b17-14-/t16-,18-,19-,20?,21?,22+,23-/m0/s1. The Morgan fingerprint density at radius 2 is 1.83 bits per heavy atom. The van der Waals surface area contributed by atoms with Gasteiger partial charge in [0, 0.05) is 11.8 Å². The zero-order valence-electron chi connectivity index (χ0n) is 18.2. The van der Waals surface area contributed by atoms with E-state index < -0.39 is 23.4 Å². The van der Waals surface area contributed by atoms with Crippen LogP contribution in [0, 0.1) is 28.6 Å². The zero-order valence-corrected chi connectivity index (χ0v) is 18.2. The Bertz CT molecular complexity index is 750. The van der Waals surface area contributed by atoms with Crippen LogP contribution in [0.4, 0.5) is 0 Å². The minimum atomic E-state index is -1.06. The Balaban J connectivity index is 1.51. The van der Waals surface area contributed by atoms with Crippen molar-refractivity contribution in [3.63, 3.8) is 0 Å². The van der Waals surface area contributed by atoms with Crippen LogP contribution in [-0.2, 0) is 14.2 Å². The monoisotopic (exact) mass is 404 g/mol. The third kappa shape index (κ3) is 2.48. The molecule has 0 amide bonds. The van der Waals surface area contributed by atoms with E-state index in [9.17, 15) is 10.2 Å². The van der Waals surface area contributed by atoms with Crippen LogP contribution in [0.3, 0.4) is 0 Å². The smallest absolute Gasteiger partial charge is 0.201 e. The lowest BCUT2D eigenvalue weighted by atomic mass is 9.46. The quantitative estimate of drug-likeness (QED) is 0.517. The minimum Gasteiger partial charge on any atom is -0.501 e. The van der Waals surface area contributed by atoms with Crippen LogP contribution in [-0.4, -0.2) is 48.5 Å². The number of aliphatic hydroxyl groups is 2. The lowest BCUT2D eigenvalue weighted by Crippen LogP contribution is -2.65. The highest BCUT2D eigenvalue weighted by Crippen LogP contribution is 2.67. The summed E-state index contributed by atoms with van der Waals surface area (Å²) in [6, 6.07) is 0. The molecular formula is C24H36O5. The molecule has 5 heteroatoms. The van der Waals surface area contributed by atoms with Gasteiger partial charge in [-0.1, -0.05) is 25.5 Å². The lowest BCUT2D eigenvalue weighted by Gasteiger charge is -2.60. The van der Waals surface area contributed by atoms with Crippen LogP contribution in [0.1, 0.15) is 59.3 Å². The number of rotatable bonds is 1. The second-order valence-electron chi connectivity index (χ2n) is 10.4. The topological polar surface area (TPSA) is 68.2 Å². The number of ether oxygens (including phenoxy) is 3. The average molecular weight is 405 g/mol. The third-order valence-electron chi connectivity index (χ3n) is 9.63. The number of hydrogen-bond donors (Lipinski definition) is 2. The van der Waals surface area contributed by atoms with Gasteiger partial charge in [-0.25, -0.2) is 0 Å². The molecule has 5 rings (SSSR count). The van der Waals surface area contributed by atoms with Crippen LogP contribution in [0.25, 0.3) is 0 Å². The van der Waals surface area contributed by atoms with Crippen molar-refractivity contribution < 1.29 is 24.4 Å². The van der Waals surface area contributed by atoms with Crippen LogP contribution in [0.5, 0.6) is 0 Å². The fraction of sp³-hybridized carbons (Fsp3) is 0.833. The van der Waals surface area contributed by atoms with E-state index in [4.69, 9.17) is 14.2 Å². The Kier molecular flexibility index (Phi) is 4.53. The molecule has 1 heterocycles. The van der Waals surface area contributed by atoms with Gasteiger partial charge in [-0.3, -0.25) is 0 Å². The molecule has 29 heavy (non-hydrogen) atoms. The Morgan fingerprint density at radius 1 is 1.10 bits per heavy atom. The highest BCUT2D eigenvalue weighted by atomic mass is 16.7. The molecule has 4 fully saturated rings. The van der Waals surface area contributed by atoms with Crippen molar-refractivity contribution in [1.29, 1.82) is 0 Å². The fourth-order valence-corrected chi connectivity index (χ4v) is 7.97. The maximum atomic E-state index is 11.4. The highest BCUT2D eigenvalue weighted by molar-refractivity contribution is 5.33. The molecule has 3 saturated carbocycles. The summed E-state index contributed by atoms with van der Waals surface area (Å²) in [4.78, 5) is 0. The van der Waals surface area contributed by atoms with Gasteiger partial charge in [-0.2, -0.15) is 0 Å². The molecule has 0 radical (unpaired) electrons. The van der Waals surface area contributed by atoms with Gasteiger partial charge in [0.2, 0.25) is 5.79 Å². The zero-order chi connectivity index (χ0) is 20.6. The van der Waals surface area contributed by atoms with E-state index in [1.165, 1.54) is 17.6 Å². The molecule has 5 nitrogen and oxygen atoms in total. The Hall–Kier alpha value is -0.880. The lowest BCUT2D eigenvalue weighted by molar-refractivity contribution is -0.277. The normalized spacial score (nSPS) is 49.9. The van der Waals surface area contributed by atoms with E-state index in [0.29, 0.717) is 37.4 Å². The van der Waals surface area contributed by atoms with Crippen molar-refractivity contribution in [2.75, 3.05) is 20.3 Å². The molecule has 0 bridgehead atoms. The van der Waals surface area contributed by atoms with Crippen molar-refractivity contribution in [1.82, 2.24) is 0 Å². The van der Waals surface area contributed by atoms with Gasteiger partial charge >= 0.3 is 0 Å². The largest absolute Gasteiger partial charge is 0.501 e. The van der Waals surface area contributed by atoms with Gasteiger partial charge in [0.25, 0.3) is 0 Å². The van der Waals surface area contributed by atoms with Crippen molar-refractivity contribution in [3.05, 3.63) is 23.0 Å². The van der Waals surface area contributed by atoms with Crippen LogP contribution >= 0.6 is 0 Å². The van der Waals surface area contributed by atoms with Crippen molar-refractivity contribution >= 4 is 0 Å². The number of aliphatic hydroxyl groups excluding tert-OH is 2. The third-order valence-corrected chi connectivity index (χ3v) is 9.63. The highest BCUT2D eigenvalue weighted by Gasteiger charge is 2.65. The molecule has 162 valence electrons. The first-order chi connectivity index (χ1) is 13.8. The maximum Gasteiger partial charge on any atom is 0.201 e. The van der Waals surface area contributed by atoms with Gasteiger partial charge < -0.3 is 24.4 Å². The fourth-order valence-electron chi connectivity index (χ4n) is 7.97. The number of fused-ring (bicyclic) bond motifs is 5. The minimum absolute atomic E-state index is 0.195. The summed E-state index contributed by atoms with van der Waals surface area (Å²) < 4.78 is 17.3. The van der Waals surface area contributed by atoms with E-state index in [1.54, 1.807) is 7.11 Å². The summed E-state index contributed by atoms with van der Waals surface area (Å²) in [5, 5.41) is 22.5. The van der Waals surface area contributed by atoms with E-state index in [2.05, 4.69) is 26.8 Å². The molecular weight excluding hydrogens is 368 g/mol. The molecule has 7 atom stereocenters.